The van der Waals surface area contributed by atoms with Crippen LogP contribution in [0.15, 0.2) is 18.2 Å². The van der Waals surface area contributed by atoms with Crippen LogP contribution in [0.25, 0.3) is 0 Å². The normalized spacial score (nSPS) is 16.8. The summed E-state index contributed by atoms with van der Waals surface area (Å²) in [6.07, 6.45) is 3.81. The molecule has 1 saturated heterocycles. The maximum atomic E-state index is 13.2. The Balaban J connectivity index is 1.86. The first-order valence-corrected chi connectivity index (χ1v) is 6.85. The highest BCUT2D eigenvalue weighted by Crippen LogP contribution is 2.20. The van der Waals surface area contributed by atoms with E-state index in [-0.39, 0.29) is 5.82 Å². The third-order valence-corrected chi connectivity index (χ3v) is 3.91. The van der Waals surface area contributed by atoms with Crippen molar-refractivity contribution in [2.75, 3.05) is 31.6 Å². The van der Waals surface area contributed by atoms with Crippen LogP contribution >= 0.6 is 0 Å². The summed E-state index contributed by atoms with van der Waals surface area (Å²) in [6, 6.07) is 5.36. The molecule has 1 heterocycles. The van der Waals surface area contributed by atoms with Gasteiger partial charge in [-0.1, -0.05) is 0 Å². The molecule has 0 aliphatic carbocycles. The largest absolute Gasteiger partial charge is 0.375 e. The second-order valence-electron chi connectivity index (χ2n) is 5.34. The van der Waals surface area contributed by atoms with Gasteiger partial charge in [0.15, 0.2) is 0 Å². The summed E-state index contributed by atoms with van der Waals surface area (Å²) < 4.78 is 13.2. The van der Waals surface area contributed by atoms with Crippen LogP contribution in [-0.4, -0.2) is 26.7 Å². The van der Waals surface area contributed by atoms with E-state index in [2.05, 4.69) is 17.3 Å². The van der Waals surface area contributed by atoms with Crippen molar-refractivity contribution in [2.24, 2.45) is 5.92 Å². The molecule has 1 N–H and O–H groups in total. The van der Waals surface area contributed by atoms with Gasteiger partial charge in [0.2, 0.25) is 0 Å². The maximum Gasteiger partial charge on any atom is 0.126 e. The third kappa shape index (κ3) is 3.45. The van der Waals surface area contributed by atoms with Crippen LogP contribution in [0, 0.1) is 18.7 Å². The van der Waals surface area contributed by atoms with Crippen molar-refractivity contribution < 1.29 is 4.39 Å². The zero-order valence-electron chi connectivity index (χ0n) is 11.4. The maximum absolute atomic E-state index is 13.2. The summed E-state index contributed by atoms with van der Waals surface area (Å²) >= 11 is 0. The van der Waals surface area contributed by atoms with Crippen LogP contribution < -0.4 is 10.2 Å². The molecule has 0 aromatic heterocycles. The predicted molar refractivity (Wildman–Crippen MR) is 74.6 cm³/mol. The molecule has 0 bridgehead atoms. The summed E-state index contributed by atoms with van der Waals surface area (Å²) in [5.74, 6) is 0.723. The second-order valence-corrected chi connectivity index (χ2v) is 5.34. The average Bonchev–Trinajstić information content (AvgIpc) is 2.40. The number of piperidine rings is 1. The van der Waals surface area contributed by atoms with Gasteiger partial charge in [0.25, 0.3) is 0 Å². The van der Waals surface area contributed by atoms with E-state index < -0.39 is 0 Å². The lowest BCUT2D eigenvalue weighted by atomic mass is 9.94. The SMILES string of the molecule is Cc1cc(N(C)CCC2CCNCC2)ccc1F. The minimum absolute atomic E-state index is 0.120. The van der Waals surface area contributed by atoms with Crippen LogP contribution in [0.1, 0.15) is 24.8 Å². The lowest BCUT2D eigenvalue weighted by Gasteiger charge is -2.26. The number of nitrogens with zero attached hydrogens (tertiary/aromatic N) is 1. The van der Waals surface area contributed by atoms with E-state index in [9.17, 15) is 4.39 Å². The number of hydrogen-bond donors (Lipinski definition) is 1. The molecule has 1 aliphatic heterocycles. The monoisotopic (exact) mass is 250 g/mol. The summed E-state index contributed by atoms with van der Waals surface area (Å²) in [6.45, 7) is 5.18. The Kier molecular flexibility index (Phi) is 4.59. The van der Waals surface area contributed by atoms with Gasteiger partial charge in [-0.2, -0.15) is 0 Å². The number of aryl methyl sites for hydroxylation is 1. The van der Waals surface area contributed by atoms with Crippen molar-refractivity contribution in [2.45, 2.75) is 26.2 Å². The molecule has 0 unspecified atom stereocenters. The van der Waals surface area contributed by atoms with E-state index in [0.29, 0.717) is 0 Å². The molecule has 0 saturated carbocycles. The number of nitrogens with one attached hydrogen (secondary N) is 1. The number of benzene rings is 1. The zero-order chi connectivity index (χ0) is 13.0. The Bertz CT molecular complexity index is 386. The second kappa shape index (κ2) is 6.19. The van der Waals surface area contributed by atoms with Crippen LogP contribution in [0.3, 0.4) is 0 Å². The van der Waals surface area contributed by atoms with Crippen LogP contribution in [0.5, 0.6) is 0 Å². The molecule has 0 radical (unpaired) electrons. The fourth-order valence-electron chi connectivity index (χ4n) is 2.54. The van der Waals surface area contributed by atoms with Crippen molar-refractivity contribution in [1.82, 2.24) is 5.32 Å². The standard InChI is InChI=1S/C15H23FN2/c1-12-11-14(3-4-15(12)16)18(2)10-7-13-5-8-17-9-6-13/h3-4,11,13,17H,5-10H2,1-2H3. The Morgan fingerprint density at radius 3 is 2.72 bits per heavy atom. The van der Waals surface area contributed by atoms with Gasteiger partial charge < -0.3 is 10.2 Å². The van der Waals surface area contributed by atoms with Crippen molar-refractivity contribution in [3.63, 3.8) is 0 Å². The van der Waals surface area contributed by atoms with Gasteiger partial charge in [0, 0.05) is 19.3 Å². The minimum Gasteiger partial charge on any atom is -0.375 e. The van der Waals surface area contributed by atoms with Gasteiger partial charge in [-0.15, -0.1) is 0 Å². The number of rotatable bonds is 4. The van der Waals surface area contributed by atoms with E-state index >= 15 is 0 Å². The number of anilines is 1. The Hall–Kier alpha value is -1.09. The van der Waals surface area contributed by atoms with E-state index in [0.717, 1.165) is 36.8 Å². The number of hydrogen-bond acceptors (Lipinski definition) is 2. The highest BCUT2D eigenvalue weighted by atomic mass is 19.1. The highest BCUT2D eigenvalue weighted by Gasteiger charge is 2.13. The van der Waals surface area contributed by atoms with E-state index in [1.165, 1.54) is 19.3 Å². The van der Waals surface area contributed by atoms with Gasteiger partial charge in [-0.3, -0.25) is 0 Å². The first kappa shape index (κ1) is 13.3. The van der Waals surface area contributed by atoms with Crippen molar-refractivity contribution >= 4 is 5.69 Å². The van der Waals surface area contributed by atoms with E-state index in [1.807, 2.05) is 19.1 Å². The van der Waals surface area contributed by atoms with Crippen LogP contribution in [0.2, 0.25) is 0 Å². The molecule has 0 atom stereocenters. The molecule has 18 heavy (non-hydrogen) atoms. The molecule has 3 heteroatoms. The third-order valence-electron chi connectivity index (χ3n) is 3.91. The molecule has 2 nitrogen and oxygen atoms in total. The van der Waals surface area contributed by atoms with Crippen molar-refractivity contribution in [1.29, 1.82) is 0 Å². The van der Waals surface area contributed by atoms with Crippen molar-refractivity contribution in [3.05, 3.63) is 29.6 Å². The van der Waals surface area contributed by atoms with Gasteiger partial charge >= 0.3 is 0 Å². The Labute approximate surface area is 109 Å². The predicted octanol–water partition coefficient (Wildman–Crippen LogP) is 2.96. The van der Waals surface area contributed by atoms with Crippen LogP contribution in [0.4, 0.5) is 10.1 Å². The minimum atomic E-state index is -0.120. The lowest BCUT2D eigenvalue weighted by Crippen LogP contribution is -2.30. The molecule has 1 fully saturated rings. The van der Waals surface area contributed by atoms with Gasteiger partial charge in [-0.05, 0) is 69.0 Å². The van der Waals surface area contributed by atoms with Gasteiger partial charge in [0.05, 0.1) is 0 Å². The first-order chi connectivity index (χ1) is 8.66. The number of halogens is 1. The fourth-order valence-corrected chi connectivity index (χ4v) is 2.54. The molecule has 100 valence electrons. The quantitative estimate of drug-likeness (QED) is 0.884. The lowest BCUT2D eigenvalue weighted by molar-refractivity contribution is 0.356. The van der Waals surface area contributed by atoms with Crippen molar-refractivity contribution in [3.8, 4) is 0 Å². The summed E-state index contributed by atoms with van der Waals surface area (Å²) in [5.41, 5.74) is 1.84. The molecular formula is C15H23FN2. The molecule has 0 amide bonds. The molecular weight excluding hydrogens is 227 g/mol. The molecule has 1 aromatic rings. The van der Waals surface area contributed by atoms with Crippen LogP contribution in [-0.2, 0) is 0 Å². The fraction of sp³-hybridized carbons (Fsp3) is 0.600. The van der Waals surface area contributed by atoms with Gasteiger partial charge in [0.1, 0.15) is 5.82 Å². The topological polar surface area (TPSA) is 15.3 Å². The highest BCUT2D eigenvalue weighted by molar-refractivity contribution is 5.47. The molecule has 0 spiro atoms. The molecule has 1 aliphatic rings. The summed E-state index contributed by atoms with van der Waals surface area (Å²) in [7, 11) is 2.09. The first-order valence-electron chi connectivity index (χ1n) is 6.85. The summed E-state index contributed by atoms with van der Waals surface area (Å²) in [4.78, 5) is 2.23. The average molecular weight is 250 g/mol. The Morgan fingerprint density at radius 2 is 2.06 bits per heavy atom. The van der Waals surface area contributed by atoms with E-state index in [1.54, 1.807) is 6.07 Å². The van der Waals surface area contributed by atoms with Gasteiger partial charge in [-0.25, -0.2) is 4.39 Å². The summed E-state index contributed by atoms with van der Waals surface area (Å²) in [5, 5.41) is 3.39. The van der Waals surface area contributed by atoms with E-state index in [4.69, 9.17) is 0 Å². The zero-order valence-corrected chi connectivity index (χ0v) is 11.4. The molecule has 1 aromatic carbocycles. The molecule has 2 rings (SSSR count). The Morgan fingerprint density at radius 1 is 1.33 bits per heavy atom. The smallest absolute Gasteiger partial charge is 0.126 e.